The second kappa shape index (κ2) is 8.84. The molecule has 1 rings (SSSR count). The Morgan fingerprint density at radius 2 is 2.05 bits per heavy atom. The largest absolute Gasteiger partial charge is 0.492 e. The topological polar surface area (TPSA) is 87.7 Å². The van der Waals surface area contributed by atoms with E-state index in [4.69, 9.17) is 9.84 Å². The van der Waals surface area contributed by atoms with Gasteiger partial charge in [-0.2, -0.15) is 0 Å². The Labute approximate surface area is 124 Å². The van der Waals surface area contributed by atoms with Gasteiger partial charge in [0.15, 0.2) is 0 Å². The van der Waals surface area contributed by atoms with E-state index < -0.39 is 5.97 Å². The van der Waals surface area contributed by atoms with E-state index >= 15 is 0 Å². The van der Waals surface area contributed by atoms with E-state index in [9.17, 15) is 9.59 Å². The molecule has 0 saturated carbocycles. The third kappa shape index (κ3) is 6.65. The van der Waals surface area contributed by atoms with Gasteiger partial charge in [0.25, 0.3) is 0 Å². The number of urea groups is 1. The Morgan fingerprint density at radius 3 is 2.71 bits per heavy atom. The van der Waals surface area contributed by atoms with Gasteiger partial charge in [-0.3, -0.25) is 4.79 Å². The molecule has 0 aliphatic rings. The van der Waals surface area contributed by atoms with Crippen LogP contribution in [0.3, 0.4) is 0 Å². The highest BCUT2D eigenvalue weighted by atomic mass is 16.5. The number of para-hydroxylation sites is 2. The molecule has 0 aliphatic carbocycles. The number of amides is 2. The molecule has 0 bridgehead atoms. The first-order valence-corrected chi connectivity index (χ1v) is 7.04. The lowest BCUT2D eigenvalue weighted by Gasteiger charge is -2.15. The van der Waals surface area contributed by atoms with Crippen molar-refractivity contribution >= 4 is 17.7 Å². The van der Waals surface area contributed by atoms with Crippen LogP contribution in [0.25, 0.3) is 0 Å². The molecule has 0 heterocycles. The first-order chi connectivity index (χ1) is 10.0. The standard InChI is InChI=1S/C15H22N2O4/c1-3-21-13-9-5-4-8-12(13)17-15(20)16-11(2)7-6-10-14(18)19/h4-5,8-9,11H,3,6-7,10H2,1-2H3,(H,18,19)(H2,16,17,20). The smallest absolute Gasteiger partial charge is 0.319 e. The van der Waals surface area contributed by atoms with Crippen molar-refractivity contribution < 1.29 is 19.4 Å². The average molecular weight is 294 g/mol. The molecule has 0 saturated heterocycles. The molecule has 0 spiro atoms. The fourth-order valence-corrected chi connectivity index (χ4v) is 1.87. The summed E-state index contributed by atoms with van der Waals surface area (Å²) < 4.78 is 5.43. The minimum Gasteiger partial charge on any atom is -0.492 e. The molecule has 6 heteroatoms. The summed E-state index contributed by atoms with van der Waals surface area (Å²) in [7, 11) is 0. The number of carbonyl (C=O) groups excluding carboxylic acids is 1. The summed E-state index contributed by atoms with van der Waals surface area (Å²) in [6.45, 7) is 4.24. The van der Waals surface area contributed by atoms with Crippen molar-refractivity contribution in [1.82, 2.24) is 5.32 Å². The molecule has 3 N–H and O–H groups in total. The van der Waals surface area contributed by atoms with Crippen molar-refractivity contribution in [2.75, 3.05) is 11.9 Å². The van der Waals surface area contributed by atoms with Crippen LogP contribution in [0.5, 0.6) is 5.75 Å². The Balaban J connectivity index is 2.44. The number of hydrogen-bond acceptors (Lipinski definition) is 3. The molecule has 21 heavy (non-hydrogen) atoms. The summed E-state index contributed by atoms with van der Waals surface area (Å²) >= 11 is 0. The molecule has 1 aromatic carbocycles. The third-order valence-electron chi connectivity index (χ3n) is 2.84. The molecule has 0 aliphatic heterocycles. The monoisotopic (exact) mass is 294 g/mol. The van der Waals surface area contributed by atoms with Gasteiger partial charge < -0.3 is 20.5 Å². The second-order valence-corrected chi connectivity index (χ2v) is 4.71. The quantitative estimate of drug-likeness (QED) is 0.688. The maximum atomic E-state index is 11.9. The fourth-order valence-electron chi connectivity index (χ4n) is 1.87. The number of hydrogen-bond donors (Lipinski definition) is 3. The number of aliphatic carboxylic acids is 1. The molecule has 116 valence electrons. The third-order valence-corrected chi connectivity index (χ3v) is 2.84. The summed E-state index contributed by atoms with van der Waals surface area (Å²) in [4.78, 5) is 22.3. The summed E-state index contributed by atoms with van der Waals surface area (Å²) in [6, 6.07) is 6.78. The Bertz CT molecular complexity index is 476. The van der Waals surface area contributed by atoms with Crippen LogP contribution in [-0.4, -0.2) is 29.8 Å². The molecule has 1 atom stereocenters. The summed E-state index contributed by atoms with van der Waals surface area (Å²) in [5, 5.41) is 14.1. The van der Waals surface area contributed by atoms with Gasteiger partial charge in [0.05, 0.1) is 12.3 Å². The van der Waals surface area contributed by atoms with Crippen LogP contribution in [0, 0.1) is 0 Å². The van der Waals surface area contributed by atoms with Crippen LogP contribution < -0.4 is 15.4 Å². The maximum Gasteiger partial charge on any atom is 0.319 e. The molecule has 1 aromatic rings. The van der Waals surface area contributed by atoms with Crippen LogP contribution in [0.15, 0.2) is 24.3 Å². The van der Waals surface area contributed by atoms with Gasteiger partial charge in [-0.05, 0) is 38.8 Å². The number of ether oxygens (including phenoxy) is 1. The van der Waals surface area contributed by atoms with Gasteiger partial charge in [0.1, 0.15) is 5.75 Å². The van der Waals surface area contributed by atoms with Gasteiger partial charge in [-0.1, -0.05) is 12.1 Å². The minimum atomic E-state index is -0.822. The van der Waals surface area contributed by atoms with Crippen LogP contribution in [-0.2, 0) is 4.79 Å². The Hall–Kier alpha value is -2.24. The van der Waals surface area contributed by atoms with Crippen LogP contribution >= 0.6 is 0 Å². The van der Waals surface area contributed by atoms with Gasteiger partial charge >= 0.3 is 12.0 Å². The van der Waals surface area contributed by atoms with Crippen LogP contribution in [0.2, 0.25) is 0 Å². The van der Waals surface area contributed by atoms with E-state index in [1.165, 1.54) is 0 Å². The maximum absolute atomic E-state index is 11.9. The predicted molar refractivity (Wildman–Crippen MR) is 80.7 cm³/mol. The van der Waals surface area contributed by atoms with Crippen molar-refractivity contribution in [3.8, 4) is 5.75 Å². The number of rotatable bonds is 8. The molecular formula is C15H22N2O4. The highest BCUT2D eigenvalue weighted by Crippen LogP contribution is 2.23. The van der Waals surface area contributed by atoms with Crippen molar-refractivity contribution in [1.29, 1.82) is 0 Å². The molecule has 6 nitrogen and oxygen atoms in total. The zero-order valence-electron chi connectivity index (χ0n) is 12.4. The summed E-state index contributed by atoms with van der Waals surface area (Å²) in [6.07, 6.45) is 1.26. The number of anilines is 1. The first kappa shape index (κ1) is 16.8. The second-order valence-electron chi connectivity index (χ2n) is 4.71. The lowest BCUT2D eigenvalue weighted by Crippen LogP contribution is -2.36. The van der Waals surface area contributed by atoms with E-state index in [1.54, 1.807) is 12.1 Å². The molecule has 2 amide bonds. The number of carboxylic acid groups (broad SMARTS) is 1. The zero-order chi connectivity index (χ0) is 15.7. The van der Waals surface area contributed by atoms with Gasteiger partial charge in [-0.15, -0.1) is 0 Å². The van der Waals surface area contributed by atoms with Crippen LogP contribution in [0.1, 0.15) is 33.1 Å². The van der Waals surface area contributed by atoms with Gasteiger partial charge in [-0.25, -0.2) is 4.79 Å². The number of carboxylic acids is 1. The zero-order valence-corrected chi connectivity index (χ0v) is 12.4. The van der Waals surface area contributed by atoms with E-state index in [-0.39, 0.29) is 18.5 Å². The summed E-state index contributed by atoms with van der Waals surface area (Å²) in [5.74, 6) is -0.203. The van der Waals surface area contributed by atoms with E-state index in [2.05, 4.69) is 10.6 Å². The molecule has 0 aromatic heterocycles. The average Bonchev–Trinajstić information content (AvgIpc) is 2.40. The Kier molecular flexibility index (Phi) is 7.08. The Morgan fingerprint density at radius 1 is 1.33 bits per heavy atom. The fraction of sp³-hybridized carbons (Fsp3) is 0.467. The van der Waals surface area contributed by atoms with E-state index in [1.807, 2.05) is 26.0 Å². The van der Waals surface area contributed by atoms with Crippen molar-refractivity contribution in [2.45, 2.75) is 39.2 Å². The molecule has 1 unspecified atom stereocenters. The van der Waals surface area contributed by atoms with Crippen molar-refractivity contribution in [3.63, 3.8) is 0 Å². The number of nitrogens with one attached hydrogen (secondary N) is 2. The SMILES string of the molecule is CCOc1ccccc1NC(=O)NC(C)CCCC(=O)O. The van der Waals surface area contributed by atoms with Crippen molar-refractivity contribution in [3.05, 3.63) is 24.3 Å². The highest BCUT2D eigenvalue weighted by molar-refractivity contribution is 5.91. The van der Waals surface area contributed by atoms with Crippen molar-refractivity contribution in [2.24, 2.45) is 0 Å². The first-order valence-electron chi connectivity index (χ1n) is 7.04. The lowest BCUT2D eigenvalue weighted by atomic mass is 10.1. The van der Waals surface area contributed by atoms with Gasteiger partial charge in [0, 0.05) is 12.5 Å². The van der Waals surface area contributed by atoms with E-state index in [0.29, 0.717) is 30.9 Å². The van der Waals surface area contributed by atoms with Crippen LogP contribution in [0.4, 0.5) is 10.5 Å². The predicted octanol–water partition coefficient (Wildman–Crippen LogP) is 2.85. The lowest BCUT2D eigenvalue weighted by molar-refractivity contribution is -0.137. The summed E-state index contributed by atoms with van der Waals surface area (Å²) in [5.41, 5.74) is 0.606. The normalized spacial score (nSPS) is 11.5. The molecule has 0 radical (unpaired) electrons. The number of carbonyl (C=O) groups is 2. The number of benzene rings is 1. The minimum absolute atomic E-state index is 0.0939. The molecule has 0 fully saturated rings. The highest BCUT2D eigenvalue weighted by Gasteiger charge is 2.10. The molecular weight excluding hydrogens is 272 g/mol. The van der Waals surface area contributed by atoms with Gasteiger partial charge in [0.2, 0.25) is 0 Å². The van der Waals surface area contributed by atoms with E-state index in [0.717, 1.165) is 0 Å².